The van der Waals surface area contributed by atoms with E-state index in [1.807, 2.05) is 11.3 Å². The average molecular weight is 360 g/mol. The first-order valence-electron chi connectivity index (χ1n) is 7.81. The van der Waals surface area contributed by atoms with Crippen LogP contribution in [0.1, 0.15) is 50.8 Å². The van der Waals surface area contributed by atoms with E-state index in [1.54, 1.807) is 0 Å². The summed E-state index contributed by atoms with van der Waals surface area (Å²) < 4.78 is 7.48. The third-order valence-corrected chi connectivity index (χ3v) is 5.84. The maximum absolute atomic E-state index is 6.26. The summed E-state index contributed by atoms with van der Waals surface area (Å²) in [6.45, 7) is 6.25. The molecule has 1 aliphatic rings. The molecule has 0 spiro atoms. The highest BCUT2D eigenvalue weighted by molar-refractivity contribution is 9.11. The van der Waals surface area contributed by atoms with Crippen LogP contribution < -0.4 is 5.32 Å². The second-order valence-corrected chi connectivity index (χ2v) is 8.17. The van der Waals surface area contributed by atoms with Crippen LogP contribution in [-0.4, -0.2) is 24.8 Å². The van der Waals surface area contributed by atoms with Gasteiger partial charge < -0.3 is 10.1 Å². The van der Waals surface area contributed by atoms with E-state index in [-0.39, 0.29) is 5.60 Å². The topological polar surface area (TPSA) is 21.3 Å². The molecule has 1 unspecified atom stereocenters. The molecule has 1 N–H and O–H groups in total. The molecule has 1 aromatic heterocycles. The molecule has 1 aromatic rings. The summed E-state index contributed by atoms with van der Waals surface area (Å²) in [5.41, 5.74) is 0.0559. The van der Waals surface area contributed by atoms with E-state index in [0.29, 0.717) is 6.04 Å². The van der Waals surface area contributed by atoms with Gasteiger partial charge in [-0.1, -0.05) is 19.8 Å². The van der Waals surface area contributed by atoms with Crippen LogP contribution in [0.4, 0.5) is 0 Å². The second kappa shape index (κ2) is 7.92. The molecule has 20 heavy (non-hydrogen) atoms. The summed E-state index contributed by atoms with van der Waals surface area (Å²) in [5.74, 6) is 0. The van der Waals surface area contributed by atoms with E-state index < -0.39 is 0 Å². The summed E-state index contributed by atoms with van der Waals surface area (Å²) >= 11 is 5.42. The largest absolute Gasteiger partial charge is 0.374 e. The van der Waals surface area contributed by atoms with E-state index >= 15 is 0 Å². The first kappa shape index (κ1) is 16.5. The highest BCUT2D eigenvalue weighted by Gasteiger charge is 2.41. The van der Waals surface area contributed by atoms with Crippen LogP contribution in [0, 0.1) is 0 Å². The second-order valence-electron chi connectivity index (χ2n) is 5.62. The van der Waals surface area contributed by atoms with Gasteiger partial charge in [0.2, 0.25) is 0 Å². The van der Waals surface area contributed by atoms with Crippen LogP contribution in [0.2, 0.25) is 0 Å². The lowest BCUT2D eigenvalue weighted by Crippen LogP contribution is -2.52. The highest BCUT2D eigenvalue weighted by atomic mass is 79.9. The number of halogens is 1. The average Bonchev–Trinajstić information content (AvgIpc) is 3.05. The smallest absolute Gasteiger partial charge is 0.0838 e. The van der Waals surface area contributed by atoms with Crippen molar-refractivity contribution in [1.82, 2.24) is 5.32 Å². The number of rotatable bonds is 8. The Morgan fingerprint density at radius 1 is 1.35 bits per heavy atom. The van der Waals surface area contributed by atoms with E-state index in [9.17, 15) is 0 Å². The molecular formula is C16H26BrNOS. The molecule has 0 aliphatic heterocycles. The summed E-state index contributed by atoms with van der Waals surface area (Å²) in [6, 6.07) is 4.83. The van der Waals surface area contributed by atoms with Crippen molar-refractivity contribution < 1.29 is 4.74 Å². The third kappa shape index (κ3) is 4.06. The molecule has 1 saturated carbocycles. The fourth-order valence-corrected chi connectivity index (χ4v) is 4.81. The van der Waals surface area contributed by atoms with Gasteiger partial charge in [-0.3, -0.25) is 0 Å². The zero-order chi connectivity index (χ0) is 14.4. The van der Waals surface area contributed by atoms with Crippen molar-refractivity contribution in [1.29, 1.82) is 0 Å². The molecule has 0 aromatic carbocycles. The lowest BCUT2D eigenvalue weighted by atomic mass is 9.89. The van der Waals surface area contributed by atoms with Crippen LogP contribution in [0.25, 0.3) is 0 Å². The van der Waals surface area contributed by atoms with E-state index in [2.05, 4.69) is 47.2 Å². The van der Waals surface area contributed by atoms with Gasteiger partial charge in [-0.05, 0) is 67.2 Å². The van der Waals surface area contributed by atoms with Crippen LogP contribution in [0.15, 0.2) is 15.9 Å². The van der Waals surface area contributed by atoms with Gasteiger partial charge in [0.25, 0.3) is 0 Å². The maximum Gasteiger partial charge on any atom is 0.0838 e. The molecule has 4 heteroatoms. The maximum atomic E-state index is 6.26. The Hall–Kier alpha value is 0.1000. The minimum absolute atomic E-state index is 0.0559. The Balaban J connectivity index is 2.12. The van der Waals surface area contributed by atoms with Crippen molar-refractivity contribution >= 4 is 27.3 Å². The summed E-state index contributed by atoms with van der Waals surface area (Å²) in [4.78, 5) is 1.44. The molecule has 2 nitrogen and oxygen atoms in total. The van der Waals surface area contributed by atoms with Crippen molar-refractivity contribution in [3.8, 4) is 0 Å². The molecule has 1 aliphatic carbocycles. The van der Waals surface area contributed by atoms with Crippen molar-refractivity contribution in [3.63, 3.8) is 0 Å². The van der Waals surface area contributed by atoms with Crippen LogP contribution >= 0.6 is 27.3 Å². The van der Waals surface area contributed by atoms with Crippen molar-refractivity contribution in [2.24, 2.45) is 0 Å². The molecule has 0 saturated heterocycles. The molecule has 2 rings (SSSR count). The fraction of sp³-hybridized carbons (Fsp3) is 0.750. The van der Waals surface area contributed by atoms with Gasteiger partial charge in [0, 0.05) is 17.5 Å². The minimum atomic E-state index is 0.0559. The van der Waals surface area contributed by atoms with E-state index in [0.717, 1.165) is 19.6 Å². The van der Waals surface area contributed by atoms with Gasteiger partial charge in [-0.2, -0.15) is 0 Å². The predicted molar refractivity (Wildman–Crippen MR) is 90.6 cm³/mol. The number of thiophene rings is 1. The van der Waals surface area contributed by atoms with Gasteiger partial charge in [-0.15, -0.1) is 11.3 Å². The van der Waals surface area contributed by atoms with Gasteiger partial charge in [0.1, 0.15) is 0 Å². The Bertz CT molecular complexity index is 401. The number of hydrogen-bond acceptors (Lipinski definition) is 3. The first-order valence-corrected chi connectivity index (χ1v) is 9.42. The molecule has 0 amide bonds. The van der Waals surface area contributed by atoms with Crippen LogP contribution in [-0.2, 0) is 11.2 Å². The minimum Gasteiger partial charge on any atom is -0.374 e. The van der Waals surface area contributed by atoms with Gasteiger partial charge >= 0.3 is 0 Å². The molecule has 114 valence electrons. The highest BCUT2D eigenvalue weighted by Crippen LogP contribution is 2.38. The van der Waals surface area contributed by atoms with Crippen LogP contribution in [0.3, 0.4) is 0 Å². The number of nitrogens with one attached hydrogen (secondary N) is 1. The molecular weight excluding hydrogens is 334 g/mol. The number of ether oxygens (including phenoxy) is 1. The zero-order valence-electron chi connectivity index (χ0n) is 12.6. The van der Waals surface area contributed by atoms with E-state index in [1.165, 1.54) is 40.8 Å². The molecule has 0 radical (unpaired) electrons. The Kier molecular flexibility index (Phi) is 6.53. The monoisotopic (exact) mass is 359 g/mol. The molecule has 1 atom stereocenters. The van der Waals surface area contributed by atoms with Crippen molar-refractivity contribution in [2.45, 2.75) is 64.0 Å². The molecule has 1 fully saturated rings. The Morgan fingerprint density at radius 2 is 2.10 bits per heavy atom. The molecule has 1 heterocycles. The van der Waals surface area contributed by atoms with Gasteiger partial charge in [0.05, 0.1) is 9.39 Å². The molecule has 0 bridgehead atoms. The summed E-state index contributed by atoms with van der Waals surface area (Å²) in [7, 11) is 0. The van der Waals surface area contributed by atoms with Crippen LogP contribution in [0.5, 0.6) is 0 Å². The lowest BCUT2D eigenvalue weighted by Gasteiger charge is -2.38. The van der Waals surface area contributed by atoms with Gasteiger partial charge in [0.15, 0.2) is 0 Å². The Morgan fingerprint density at radius 3 is 2.65 bits per heavy atom. The SMILES string of the molecule is CCCNC(Cc1ccc(Br)s1)C1(OCC)CCCC1. The normalized spacial score (nSPS) is 19.4. The zero-order valence-corrected chi connectivity index (χ0v) is 15.0. The standard InChI is InChI=1S/C16H26BrNOS/c1-3-11-18-14(12-13-7-8-15(17)20-13)16(19-4-2)9-5-6-10-16/h7-8,14,18H,3-6,9-12H2,1-2H3. The van der Waals surface area contributed by atoms with Gasteiger partial charge in [-0.25, -0.2) is 0 Å². The van der Waals surface area contributed by atoms with Crippen molar-refractivity contribution in [3.05, 3.63) is 20.8 Å². The summed E-state index contributed by atoms with van der Waals surface area (Å²) in [6.07, 6.45) is 7.27. The van der Waals surface area contributed by atoms with Crippen molar-refractivity contribution in [2.75, 3.05) is 13.2 Å². The Labute approximate surface area is 135 Å². The van der Waals surface area contributed by atoms with E-state index in [4.69, 9.17) is 4.74 Å². The third-order valence-electron chi connectivity index (χ3n) is 4.19. The fourth-order valence-electron chi connectivity index (χ4n) is 3.28. The summed E-state index contributed by atoms with van der Waals surface area (Å²) in [5, 5.41) is 3.76. The lowest BCUT2D eigenvalue weighted by molar-refractivity contribution is -0.0610. The first-order chi connectivity index (χ1) is 9.70. The number of hydrogen-bond donors (Lipinski definition) is 1. The quantitative estimate of drug-likeness (QED) is 0.721. The predicted octanol–water partition coefficient (Wildman–Crippen LogP) is 4.77.